The van der Waals surface area contributed by atoms with Crippen LogP contribution in [0.2, 0.25) is 0 Å². The van der Waals surface area contributed by atoms with Gasteiger partial charge < -0.3 is 4.90 Å². The summed E-state index contributed by atoms with van der Waals surface area (Å²) >= 11 is 0. The second-order valence-corrected chi connectivity index (χ2v) is 5.59. The lowest BCUT2D eigenvalue weighted by atomic mass is 9.83. The number of halogens is 2. The van der Waals surface area contributed by atoms with Crippen molar-refractivity contribution in [3.05, 3.63) is 70.3 Å². The summed E-state index contributed by atoms with van der Waals surface area (Å²) in [6.45, 7) is 3.75. The molecule has 1 atom stereocenters. The Bertz CT molecular complexity index is 631. The lowest BCUT2D eigenvalue weighted by Crippen LogP contribution is -2.31. The fourth-order valence-electron chi connectivity index (χ4n) is 3.07. The topological polar surface area (TPSA) is 3.24 Å². The summed E-state index contributed by atoms with van der Waals surface area (Å²) in [6, 6.07) is 9.98. The molecule has 1 nitrogen and oxygen atoms in total. The molecule has 0 fully saturated rings. The van der Waals surface area contributed by atoms with Crippen LogP contribution in [0.1, 0.15) is 28.2 Å². The molecule has 0 aliphatic carbocycles. The van der Waals surface area contributed by atoms with Crippen molar-refractivity contribution in [3.63, 3.8) is 0 Å². The van der Waals surface area contributed by atoms with Crippen molar-refractivity contribution in [2.75, 3.05) is 13.6 Å². The van der Waals surface area contributed by atoms with E-state index in [1.165, 1.54) is 28.8 Å². The summed E-state index contributed by atoms with van der Waals surface area (Å²) in [5.41, 5.74) is 4.40. The Balaban J connectivity index is 2.13. The molecular weight excluding hydrogens is 256 g/mol. The molecule has 1 unspecified atom stereocenters. The predicted molar refractivity (Wildman–Crippen MR) is 75.7 cm³/mol. The van der Waals surface area contributed by atoms with Gasteiger partial charge in [-0.15, -0.1) is 0 Å². The normalized spacial score (nSPS) is 18.9. The van der Waals surface area contributed by atoms with Gasteiger partial charge in [0.2, 0.25) is 0 Å². The lowest BCUT2D eigenvalue weighted by Gasteiger charge is -2.33. The van der Waals surface area contributed by atoms with E-state index in [-0.39, 0.29) is 5.92 Å². The number of aryl methyl sites for hydroxylation is 1. The van der Waals surface area contributed by atoms with Gasteiger partial charge in [-0.25, -0.2) is 8.78 Å². The van der Waals surface area contributed by atoms with Gasteiger partial charge >= 0.3 is 0 Å². The molecule has 3 heteroatoms. The molecule has 2 aromatic carbocycles. The molecule has 0 amide bonds. The van der Waals surface area contributed by atoms with Crippen molar-refractivity contribution < 1.29 is 8.78 Å². The number of rotatable bonds is 1. The zero-order valence-corrected chi connectivity index (χ0v) is 11.7. The Morgan fingerprint density at radius 2 is 1.80 bits per heavy atom. The van der Waals surface area contributed by atoms with Gasteiger partial charge in [0.25, 0.3) is 0 Å². The smallest absolute Gasteiger partial charge is 0.126 e. The lowest BCUT2D eigenvalue weighted by molar-refractivity contribution is 0.294. The van der Waals surface area contributed by atoms with E-state index in [0.717, 1.165) is 19.2 Å². The highest BCUT2D eigenvalue weighted by Crippen LogP contribution is 2.34. The first-order chi connectivity index (χ1) is 9.54. The van der Waals surface area contributed by atoms with Gasteiger partial charge in [-0.05, 0) is 48.4 Å². The average molecular weight is 273 g/mol. The molecule has 0 spiro atoms. The molecule has 0 bridgehead atoms. The van der Waals surface area contributed by atoms with E-state index in [1.54, 1.807) is 0 Å². The summed E-state index contributed by atoms with van der Waals surface area (Å²) in [7, 11) is 2.04. The van der Waals surface area contributed by atoms with Crippen molar-refractivity contribution in [1.82, 2.24) is 4.90 Å². The number of hydrogen-bond acceptors (Lipinski definition) is 1. The fourth-order valence-corrected chi connectivity index (χ4v) is 3.07. The van der Waals surface area contributed by atoms with E-state index in [2.05, 4.69) is 24.0 Å². The maximum atomic E-state index is 13.5. The van der Waals surface area contributed by atoms with Crippen LogP contribution in [0.3, 0.4) is 0 Å². The van der Waals surface area contributed by atoms with Crippen LogP contribution in [0, 0.1) is 18.6 Å². The van der Waals surface area contributed by atoms with Crippen LogP contribution in [-0.4, -0.2) is 18.5 Å². The largest absolute Gasteiger partial charge is 0.301 e. The molecular formula is C17H17F2N. The molecule has 1 aliphatic heterocycles. The third kappa shape index (κ3) is 2.34. The van der Waals surface area contributed by atoms with Crippen LogP contribution in [0.4, 0.5) is 8.78 Å². The molecule has 0 aromatic heterocycles. The minimum atomic E-state index is -0.512. The van der Waals surface area contributed by atoms with E-state index in [4.69, 9.17) is 0 Å². The Hall–Kier alpha value is -1.74. The third-order valence-electron chi connectivity index (χ3n) is 4.03. The molecule has 104 valence electrons. The summed E-state index contributed by atoms with van der Waals surface area (Å²) < 4.78 is 27.0. The number of fused-ring (bicyclic) bond motifs is 1. The summed E-state index contributed by atoms with van der Waals surface area (Å²) in [5.74, 6) is -1.00. The van der Waals surface area contributed by atoms with Crippen molar-refractivity contribution in [2.24, 2.45) is 0 Å². The van der Waals surface area contributed by atoms with E-state index in [9.17, 15) is 8.78 Å². The Labute approximate surface area is 117 Å². The van der Waals surface area contributed by atoms with Gasteiger partial charge in [0, 0.05) is 25.1 Å². The Morgan fingerprint density at radius 3 is 2.50 bits per heavy atom. The van der Waals surface area contributed by atoms with Crippen LogP contribution < -0.4 is 0 Å². The van der Waals surface area contributed by atoms with E-state index in [1.807, 2.05) is 13.1 Å². The molecule has 1 aliphatic rings. The maximum Gasteiger partial charge on any atom is 0.126 e. The van der Waals surface area contributed by atoms with Crippen molar-refractivity contribution in [3.8, 4) is 0 Å². The van der Waals surface area contributed by atoms with Crippen molar-refractivity contribution in [2.45, 2.75) is 19.4 Å². The monoisotopic (exact) mass is 273 g/mol. The molecule has 2 aromatic rings. The molecule has 0 saturated heterocycles. The molecule has 3 rings (SSSR count). The standard InChI is InChI=1S/C17H17F2N/c1-11-4-3-5-15-16(11)9-20(2)10-17(15)12-6-13(18)8-14(19)7-12/h3-8,17H,9-10H2,1-2H3. The van der Waals surface area contributed by atoms with Gasteiger partial charge in [0.05, 0.1) is 0 Å². The molecule has 0 N–H and O–H groups in total. The number of benzene rings is 2. The summed E-state index contributed by atoms with van der Waals surface area (Å²) in [4.78, 5) is 2.20. The van der Waals surface area contributed by atoms with Crippen LogP contribution >= 0.6 is 0 Å². The van der Waals surface area contributed by atoms with E-state index >= 15 is 0 Å². The van der Waals surface area contributed by atoms with Gasteiger partial charge in [0.15, 0.2) is 0 Å². The fraction of sp³-hybridized carbons (Fsp3) is 0.294. The predicted octanol–water partition coefficient (Wildman–Crippen LogP) is 3.85. The van der Waals surface area contributed by atoms with Crippen molar-refractivity contribution in [1.29, 1.82) is 0 Å². The molecule has 1 heterocycles. The van der Waals surface area contributed by atoms with Crippen LogP contribution in [0.25, 0.3) is 0 Å². The van der Waals surface area contributed by atoms with E-state index in [0.29, 0.717) is 5.56 Å². The third-order valence-corrected chi connectivity index (χ3v) is 4.03. The van der Waals surface area contributed by atoms with Gasteiger partial charge in [0.1, 0.15) is 11.6 Å². The van der Waals surface area contributed by atoms with Gasteiger partial charge in [-0.3, -0.25) is 0 Å². The molecule has 20 heavy (non-hydrogen) atoms. The van der Waals surface area contributed by atoms with Crippen LogP contribution in [-0.2, 0) is 6.54 Å². The average Bonchev–Trinajstić information content (AvgIpc) is 2.38. The second kappa shape index (κ2) is 4.98. The highest BCUT2D eigenvalue weighted by atomic mass is 19.1. The minimum absolute atomic E-state index is 0.0221. The van der Waals surface area contributed by atoms with Crippen molar-refractivity contribution >= 4 is 0 Å². The van der Waals surface area contributed by atoms with Gasteiger partial charge in [-0.1, -0.05) is 18.2 Å². The molecule has 0 saturated carbocycles. The maximum absolute atomic E-state index is 13.5. The van der Waals surface area contributed by atoms with Gasteiger partial charge in [-0.2, -0.15) is 0 Å². The first kappa shape index (κ1) is 13.3. The highest BCUT2D eigenvalue weighted by molar-refractivity contribution is 5.44. The van der Waals surface area contributed by atoms with Crippen LogP contribution in [0.15, 0.2) is 36.4 Å². The first-order valence-electron chi connectivity index (χ1n) is 6.77. The first-order valence-corrected chi connectivity index (χ1v) is 6.77. The highest BCUT2D eigenvalue weighted by Gasteiger charge is 2.26. The number of hydrogen-bond donors (Lipinski definition) is 0. The zero-order valence-electron chi connectivity index (χ0n) is 11.7. The Morgan fingerprint density at radius 1 is 1.10 bits per heavy atom. The second-order valence-electron chi connectivity index (χ2n) is 5.59. The SMILES string of the molecule is Cc1cccc2c1CN(C)CC2c1cc(F)cc(F)c1. The Kier molecular flexibility index (Phi) is 3.30. The summed E-state index contributed by atoms with van der Waals surface area (Å²) in [6.07, 6.45) is 0. The number of nitrogens with zero attached hydrogens (tertiary/aromatic N) is 1. The van der Waals surface area contributed by atoms with E-state index < -0.39 is 11.6 Å². The minimum Gasteiger partial charge on any atom is -0.301 e. The molecule has 0 radical (unpaired) electrons. The van der Waals surface area contributed by atoms with Crippen LogP contribution in [0.5, 0.6) is 0 Å². The zero-order chi connectivity index (χ0) is 14.3. The quantitative estimate of drug-likeness (QED) is 0.763. The summed E-state index contributed by atoms with van der Waals surface area (Å²) in [5, 5.41) is 0. The number of likely N-dealkylation sites (N-methyl/N-ethyl adjacent to an activating group) is 1.